The van der Waals surface area contributed by atoms with E-state index in [1.807, 2.05) is 17.9 Å². The summed E-state index contributed by atoms with van der Waals surface area (Å²) in [6.45, 7) is 4.48. The van der Waals surface area contributed by atoms with Gasteiger partial charge in [0.05, 0.1) is 11.6 Å². The molecule has 18 heavy (non-hydrogen) atoms. The molecule has 1 fully saturated rings. The molecule has 3 rings (SSSR count). The van der Waals surface area contributed by atoms with Crippen molar-refractivity contribution in [2.75, 3.05) is 18.0 Å². The molecule has 3 heterocycles. The van der Waals surface area contributed by atoms with E-state index in [9.17, 15) is 0 Å². The van der Waals surface area contributed by atoms with Crippen molar-refractivity contribution in [3.63, 3.8) is 0 Å². The summed E-state index contributed by atoms with van der Waals surface area (Å²) in [6, 6.07) is 0. The summed E-state index contributed by atoms with van der Waals surface area (Å²) in [5.41, 5.74) is 0.915. The molecule has 0 unspecified atom stereocenters. The lowest BCUT2D eigenvalue weighted by Crippen LogP contribution is -2.35. The predicted octanol–water partition coefficient (Wildman–Crippen LogP) is 1.99. The van der Waals surface area contributed by atoms with E-state index in [0.29, 0.717) is 0 Å². The molecule has 0 aromatic carbocycles. The molecular weight excluding hydrogens is 226 g/mol. The van der Waals surface area contributed by atoms with Crippen molar-refractivity contribution in [1.82, 2.24) is 19.7 Å². The van der Waals surface area contributed by atoms with Crippen LogP contribution in [0.5, 0.6) is 0 Å². The number of anilines is 1. The first-order chi connectivity index (χ1) is 8.79. The Balaban J connectivity index is 1.98. The first-order valence-electron chi connectivity index (χ1n) is 6.67. The van der Waals surface area contributed by atoms with Gasteiger partial charge in [-0.1, -0.05) is 13.3 Å². The summed E-state index contributed by atoms with van der Waals surface area (Å²) in [5, 5.41) is 5.34. The highest BCUT2D eigenvalue weighted by molar-refractivity contribution is 5.86. The third kappa shape index (κ3) is 1.83. The molecule has 1 aliphatic heterocycles. The summed E-state index contributed by atoms with van der Waals surface area (Å²) in [4.78, 5) is 11.2. The Labute approximate surface area is 107 Å². The molecule has 0 radical (unpaired) electrons. The SMILES string of the molecule is CC[C@@H]1CCCN(c2ncnc3c2cnn3C)C1. The summed E-state index contributed by atoms with van der Waals surface area (Å²) in [6.07, 6.45) is 7.37. The monoisotopic (exact) mass is 245 g/mol. The largest absolute Gasteiger partial charge is 0.356 e. The molecule has 1 aliphatic rings. The van der Waals surface area contributed by atoms with Crippen LogP contribution in [-0.4, -0.2) is 32.8 Å². The van der Waals surface area contributed by atoms with Gasteiger partial charge in [0.2, 0.25) is 0 Å². The Bertz CT molecular complexity index is 547. The zero-order valence-electron chi connectivity index (χ0n) is 11.0. The van der Waals surface area contributed by atoms with Gasteiger partial charge in [0.25, 0.3) is 0 Å². The van der Waals surface area contributed by atoms with E-state index in [1.165, 1.54) is 19.3 Å². The number of hydrogen-bond acceptors (Lipinski definition) is 4. The van der Waals surface area contributed by atoms with Crippen LogP contribution in [0.4, 0.5) is 5.82 Å². The summed E-state index contributed by atoms with van der Waals surface area (Å²) in [7, 11) is 1.92. The third-order valence-electron chi connectivity index (χ3n) is 3.90. The summed E-state index contributed by atoms with van der Waals surface area (Å²) < 4.78 is 1.81. The van der Waals surface area contributed by atoms with Crippen LogP contribution >= 0.6 is 0 Å². The Kier molecular flexibility index (Phi) is 2.89. The molecule has 1 saturated heterocycles. The molecule has 5 heteroatoms. The van der Waals surface area contributed by atoms with Gasteiger partial charge < -0.3 is 4.90 Å². The molecular formula is C13H19N5. The van der Waals surface area contributed by atoms with E-state index in [0.717, 1.165) is 35.9 Å². The molecule has 2 aromatic rings. The van der Waals surface area contributed by atoms with Crippen LogP contribution in [0, 0.1) is 5.92 Å². The van der Waals surface area contributed by atoms with Crippen LogP contribution in [-0.2, 0) is 7.05 Å². The maximum Gasteiger partial charge on any atom is 0.163 e. The van der Waals surface area contributed by atoms with Crippen LogP contribution in [0.2, 0.25) is 0 Å². The zero-order valence-corrected chi connectivity index (χ0v) is 11.0. The number of rotatable bonds is 2. The fraction of sp³-hybridized carbons (Fsp3) is 0.615. The second-order valence-electron chi connectivity index (χ2n) is 5.07. The van der Waals surface area contributed by atoms with Crippen LogP contribution in [0.25, 0.3) is 11.0 Å². The third-order valence-corrected chi connectivity index (χ3v) is 3.90. The number of hydrogen-bond donors (Lipinski definition) is 0. The van der Waals surface area contributed by atoms with Gasteiger partial charge in [-0.05, 0) is 18.8 Å². The van der Waals surface area contributed by atoms with Crippen LogP contribution < -0.4 is 4.90 Å². The predicted molar refractivity (Wildman–Crippen MR) is 71.5 cm³/mol. The molecule has 1 atom stereocenters. The normalized spacial score (nSPS) is 20.6. The van der Waals surface area contributed by atoms with Gasteiger partial charge in [-0.2, -0.15) is 5.10 Å². The standard InChI is InChI=1S/C13H19N5/c1-3-10-5-4-6-18(8-10)13-11-7-16-17(2)12(11)14-9-15-13/h7,9-10H,3-6,8H2,1-2H3/t10-/m1/s1. The Hall–Kier alpha value is -1.65. The van der Waals surface area contributed by atoms with Crippen molar-refractivity contribution >= 4 is 16.9 Å². The van der Waals surface area contributed by atoms with Gasteiger partial charge in [-0.15, -0.1) is 0 Å². The van der Waals surface area contributed by atoms with E-state index < -0.39 is 0 Å². The van der Waals surface area contributed by atoms with Gasteiger partial charge in [0.15, 0.2) is 5.65 Å². The maximum atomic E-state index is 4.47. The molecule has 0 N–H and O–H groups in total. The molecule has 0 aliphatic carbocycles. The number of aryl methyl sites for hydroxylation is 1. The molecule has 0 amide bonds. The van der Waals surface area contributed by atoms with Crippen molar-refractivity contribution < 1.29 is 0 Å². The van der Waals surface area contributed by atoms with Gasteiger partial charge in [0.1, 0.15) is 12.1 Å². The van der Waals surface area contributed by atoms with Gasteiger partial charge in [0, 0.05) is 20.1 Å². The van der Waals surface area contributed by atoms with Gasteiger partial charge >= 0.3 is 0 Å². The minimum absolute atomic E-state index is 0.792. The minimum atomic E-state index is 0.792. The highest BCUT2D eigenvalue weighted by atomic mass is 15.3. The lowest BCUT2D eigenvalue weighted by atomic mass is 9.95. The fourth-order valence-corrected chi connectivity index (χ4v) is 2.79. The quantitative estimate of drug-likeness (QED) is 0.811. The van der Waals surface area contributed by atoms with Crippen molar-refractivity contribution in [2.45, 2.75) is 26.2 Å². The van der Waals surface area contributed by atoms with Gasteiger partial charge in [-0.3, -0.25) is 4.68 Å². The fourth-order valence-electron chi connectivity index (χ4n) is 2.79. The first-order valence-corrected chi connectivity index (χ1v) is 6.67. The zero-order chi connectivity index (χ0) is 12.5. The Morgan fingerprint density at radius 2 is 2.28 bits per heavy atom. The topological polar surface area (TPSA) is 46.8 Å². The number of piperidine rings is 1. The highest BCUT2D eigenvalue weighted by Crippen LogP contribution is 2.27. The van der Waals surface area contributed by atoms with Crippen molar-refractivity contribution in [3.8, 4) is 0 Å². The second-order valence-corrected chi connectivity index (χ2v) is 5.07. The van der Waals surface area contributed by atoms with Crippen LogP contribution in [0.3, 0.4) is 0 Å². The van der Waals surface area contributed by atoms with Crippen molar-refractivity contribution in [1.29, 1.82) is 0 Å². The molecule has 5 nitrogen and oxygen atoms in total. The summed E-state index contributed by atoms with van der Waals surface area (Å²) >= 11 is 0. The van der Waals surface area contributed by atoms with Crippen LogP contribution in [0.1, 0.15) is 26.2 Å². The molecule has 0 spiro atoms. The lowest BCUT2D eigenvalue weighted by molar-refractivity contribution is 0.403. The highest BCUT2D eigenvalue weighted by Gasteiger charge is 2.21. The maximum absolute atomic E-state index is 4.47. The molecule has 0 bridgehead atoms. The van der Waals surface area contributed by atoms with E-state index in [2.05, 4.69) is 26.9 Å². The number of aromatic nitrogens is 4. The van der Waals surface area contributed by atoms with E-state index in [4.69, 9.17) is 0 Å². The number of fused-ring (bicyclic) bond motifs is 1. The summed E-state index contributed by atoms with van der Waals surface area (Å²) in [5.74, 6) is 1.84. The number of nitrogens with zero attached hydrogens (tertiary/aromatic N) is 5. The van der Waals surface area contributed by atoms with E-state index >= 15 is 0 Å². The lowest BCUT2D eigenvalue weighted by Gasteiger charge is -2.33. The Morgan fingerprint density at radius 1 is 1.39 bits per heavy atom. The van der Waals surface area contributed by atoms with E-state index in [1.54, 1.807) is 6.33 Å². The molecule has 96 valence electrons. The minimum Gasteiger partial charge on any atom is -0.356 e. The second kappa shape index (κ2) is 4.55. The smallest absolute Gasteiger partial charge is 0.163 e. The average molecular weight is 245 g/mol. The van der Waals surface area contributed by atoms with Crippen LogP contribution in [0.15, 0.2) is 12.5 Å². The van der Waals surface area contributed by atoms with Gasteiger partial charge in [-0.25, -0.2) is 9.97 Å². The molecule has 0 saturated carbocycles. The Morgan fingerprint density at radius 3 is 3.11 bits per heavy atom. The van der Waals surface area contributed by atoms with Crippen molar-refractivity contribution in [3.05, 3.63) is 12.5 Å². The van der Waals surface area contributed by atoms with E-state index in [-0.39, 0.29) is 0 Å². The van der Waals surface area contributed by atoms with Crippen molar-refractivity contribution in [2.24, 2.45) is 13.0 Å². The average Bonchev–Trinajstić information content (AvgIpc) is 2.81. The molecule has 2 aromatic heterocycles. The first kappa shape index (κ1) is 11.4.